The molecule has 0 unspecified atom stereocenters. The number of halogens is 3. The van der Waals surface area contributed by atoms with Crippen molar-refractivity contribution in [3.63, 3.8) is 0 Å². The Morgan fingerprint density at radius 3 is 2.33 bits per heavy atom. The number of carbonyl (C=O) groups is 1. The summed E-state index contributed by atoms with van der Waals surface area (Å²) in [6, 6.07) is 0. The quantitative estimate of drug-likeness (QED) is 0.593. The van der Waals surface area contributed by atoms with Crippen LogP contribution in [-0.2, 0) is 4.79 Å². The van der Waals surface area contributed by atoms with Gasteiger partial charge in [-0.25, -0.2) is 0 Å². The molecule has 0 aliphatic carbocycles. The second kappa shape index (κ2) is 2.93. The average Bonchev–Trinajstić information content (AvgIpc) is 2.30. The molecule has 1 saturated heterocycles. The monoisotopic (exact) mass is 182 g/mol. The summed E-state index contributed by atoms with van der Waals surface area (Å²) in [7, 11) is 0. The lowest BCUT2D eigenvalue weighted by Crippen LogP contribution is -2.37. The first-order valence-electron chi connectivity index (χ1n) is 3.49. The summed E-state index contributed by atoms with van der Waals surface area (Å²) >= 11 is 0. The molecule has 1 rings (SSSR count). The largest absolute Gasteiger partial charge is 0.393 e. The van der Waals surface area contributed by atoms with E-state index >= 15 is 0 Å². The first kappa shape index (κ1) is 9.31. The smallest absolute Gasteiger partial charge is 0.369 e. The van der Waals surface area contributed by atoms with Gasteiger partial charge in [0.05, 0.1) is 11.8 Å². The normalized spacial score (nSPS) is 30.6. The highest BCUT2D eigenvalue weighted by Crippen LogP contribution is 2.33. The van der Waals surface area contributed by atoms with Gasteiger partial charge in [-0.3, -0.25) is 4.79 Å². The van der Waals surface area contributed by atoms with Gasteiger partial charge < -0.3 is 11.1 Å². The molecular weight excluding hydrogens is 173 g/mol. The number of nitrogens with two attached hydrogens (primary N) is 1. The van der Waals surface area contributed by atoms with Crippen molar-refractivity contribution < 1.29 is 18.0 Å². The molecule has 12 heavy (non-hydrogen) atoms. The number of carbonyl (C=O) groups excluding carboxylic acids is 1. The lowest BCUT2D eigenvalue weighted by Gasteiger charge is -2.18. The van der Waals surface area contributed by atoms with Crippen LogP contribution in [0, 0.1) is 11.8 Å². The van der Waals surface area contributed by atoms with Crippen LogP contribution in [0.25, 0.3) is 0 Å². The number of primary amides is 1. The zero-order valence-electron chi connectivity index (χ0n) is 6.19. The fourth-order valence-corrected chi connectivity index (χ4v) is 1.32. The fraction of sp³-hybridized carbons (Fsp3) is 0.833. The van der Waals surface area contributed by atoms with Crippen molar-refractivity contribution in [2.45, 2.75) is 6.18 Å². The lowest BCUT2D eigenvalue weighted by molar-refractivity contribution is -0.181. The van der Waals surface area contributed by atoms with Gasteiger partial charge in [0.2, 0.25) is 5.91 Å². The van der Waals surface area contributed by atoms with Crippen LogP contribution in [0.4, 0.5) is 13.2 Å². The van der Waals surface area contributed by atoms with Gasteiger partial charge in [0.15, 0.2) is 0 Å². The highest BCUT2D eigenvalue weighted by atomic mass is 19.4. The molecule has 6 heteroatoms. The van der Waals surface area contributed by atoms with Gasteiger partial charge in [-0.05, 0) is 0 Å². The van der Waals surface area contributed by atoms with Gasteiger partial charge in [0.25, 0.3) is 0 Å². The Bertz CT molecular complexity index is 192. The molecule has 0 radical (unpaired) electrons. The SMILES string of the molecule is NC(=O)[C@@H]1CNC[C@H]1C(F)(F)F. The van der Waals surface area contributed by atoms with E-state index in [4.69, 9.17) is 5.73 Å². The Morgan fingerprint density at radius 1 is 1.42 bits per heavy atom. The van der Waals surface area contributed by atoms with Crippen LogP contribution >= 0.6 is 0 Å². The third kappa shape index (κ3) is 1.69. The van der Waals surface area contributed by atoms with E-state index in [9.17, 15) is 18.0 Å². The van der Waals surface area contributed by atoms with E-state index in [-0.39, 0.29) is 13.1 Å². The Hall–Kier alpha value is -0.780. The fourth-order valence-electron chi connectivity index (χ4n) is 1.32. The predicted octanol–water partition coefficient (Wildman–Crippen LogP) is -0.130. The molecule has 1 heterocycles. The maximum Gasteiger partial charge on any atom is 0.393 e. The first-order chi connectivity index (χ1) is 5.43. The van der Waals surface area contributed by atoms with Crippen LogP contribution in [-0.4, -0.2) is 25.2 Å². The second-order valence-electron chi connectivity index (χ2n) is 2.82. The predicted molar refractivity (Wildman–Crippen MR) is 35.1 cm³/mol. The van der Waals surface area contributed by atoms with Crippen LogP contribution in [0.1, 0.15) is 0 Å². The van der Waals surface area contributed by atoms with Crippen molar-refractivity contribution in [3.8, 4) is 0 Å². The molecule has 0 aromatic carbocycles. The maximum atomic E-state index is 12.1. The summed E-state index contributed by atoms with van der Waals surface area (Å²) in [4.78, 5) is 10.5. The lowest BCUT2D eigenvalue weighted by atomic mass is 9.95. The second-order valence-corrected chi connectivity index (χ2v) is 2.82. The summed E-state index contributed by atoms with van der Waals surface area (Å²) < 4.78 is 36.4. The van der Waals surface area contributed by atoms with E-state index in [1.807, 2.05) is 0 Å². The molecule has 0 bridgehead atoms. The molecular formula is C6H9F3N2O. The van der Waals surface area contributed by atoms with Crippen molar-refractivity contribution in [2.75, 3.05) is 13.1 Å². The van der Waals surface area contributed by atoms with E-state index in [1.54, 1.807) is 0 Å². The molecule has 70 valence electrons. The van der Waals surface area contributed by atoms with Crippen molar-refractivity contribution in [3.05, 3.63) is 0 Å². The van der Waals surface area contributed by atoms with E-state index in [0.717, 1.165) is 0 Å². The minimum Gasteiger partial charge on any atom is -0.369 e. The summed E-state index contributed by atoms with van der Waals surface area (Å²) in [5, 5.41) is 2.49. The number of rotatable bonds is 1. The zero-order chi connectivity index (χ0) is 9.35. The van der Waals surface area contributed by atoms with Crippen molar-refractivity contribution in [1.29, 1.82) is 0 Å². The van der Waals surface area contributed by atoms with Crippen LogP contribution in [0.2, 0.25) is 0 Å². The molecule has 0 aromatic rings. The molecule has 1 fully saturated rings. The van der Waals surface area contributed by atoms with Crippen molar-refractivity contribution in [2.24, 2.45) is 17.6 Å². The summed E-state index contributed by atoms with van der Waals surface area (Å²) in [6.07, 6.45) is -4.33. The Labute approximate surface area is 67.1 Å². The molecule has 1 amide bonds. The van der Waals surface area contributed by atoms with Gasteiger partial charge >= 0.3 is 6.18 Å². The summed E-state index contributed by atoms with van der Waals surface area (Å²) in [6.45, 7) is -0.184. The van der Waals surface area contributed by atoms with Crippen LogP contribution in [0.3, 0.4) is 0 Å². The van der Waals surface area contributed by atoms with Gasteiger partial charge in [-0.2, -0.15) is 13.2 Å². The number of nitrogens with one attached hydrogen (secondary N) is 1. The maximum absolute atomic E-state index is 12.1. The summed E-state index contributed by atoms with van der Waals surface area (Å²) in [5.74, 6) is -3.61. The molecule has 1 aliphatic heterocycles. The Kier molecular flexibility index (Phi) is 2.27. The molecule has 0 spiro atoms. The van der Waals surface area contributed by atoms with E-state index in [0.29, 0.717) is 0 Å². The number of amides is 1. The highest BCUT2D eigenvalue weighted by molar-refractivity contribution is 5.77. The van der Waals surface area contributed by atoms with E-state index in [1.165, 1.54) is 0 Å². The molecule has 2 atom stereocenters. The molecule has 0 aromatic heterocycles. The Morgan fingerprint density at radius 2 is 2.00 bits per heavy atom. The van der Waals surface area contributed by atoms with Gasteiger partial charge in [0.1, 0.15) is 0 Å². The molecule has 3 N–H and O–H groups in total. The topological polar surface area (TPSA) is 55.1 Å². The minimum absolute atomic E-state index is 0.0273. The zero-order valence-corrected chi connectivity index (χ0v) is 6.19. The molecule has 1 aliphatic rings. The third-order valence-electron chi connectivity index (χ3n) is 2.00. The average molecular weight is 182 g/mol. The van der Waals surface area contributed by atoms with Gasteiger partial charge in [-0.1, -0.05) is 0 Å². The number of alkyl halides is 3. The summed E-state index contributed by atoms with van der Waals surface area (Å²) in [5.41, 5.74) is 4.81. The number of hydrogen-bond acceptors (Lipinski definition) is 2. The van der Waals surface area contributed by atoms with Gasteiger partial charge in [0, 0.05) is 13.1 Å². The standard InChI is InChI=1S/C6H9F3N2O/c7-6(8,9)4-2-11-1-3(4)5(10)12/h3-4,11H,1-2H2,(H2,10,12)/t3-,4-/m1/s1. The Balaban J connectivity index is 2.71. The van der Waals surface area contributed by atoms with Gasteiger partial charge in [-0.15, -0.1) is 0 Å². The van der Waals surface area contributed by atoms with Crippen molar-refractivity contribution in [1.82, 2.24) is 5.32 Å². The highest BCUT2D eigenvalue weighted by Gasteiger charge is 2.49. The minimum atomic E-state index is -4.33. The van der Waals surface area contributed by atoms with Crippen LogP contribution < -0.4 is 11.1 Å². The van der Waals surface area contributed by atoms with E-state index in [2.05, 4.69) is 5.32 Å². The van der Waals surface area contributed by atoms with Crippen molar-refractivity contribution >= 4 is 5.91 Å². The molecule has 3 nitrogen and oxygen atoms in total. The van der Waals surface area contributed by atoms with Crippen LogP contribution in [0.15, 0.2) is 0 Å². The van der Waals surface area contributed by atoms with Crippen LogP contribution in [0.5, 0.6) is 0 Å². The third-order valence-corrected chi connectivity index (χ3v) is 2.00. The molecule has 0 saturated carbocycles. The van der Waals surface area contributed by atoms with E-state index < -0.39 is 23.9 Å². The number of hydrogen-bond donors (Lipinski definition) is 2. The first-order valence-corrected chi connectivity index (χ1v) is 3.49.